The highest BCUT2D eigenvalue weighted by Crippen LogP contribution is 2.55. The zero-order valence-electron chi connectivity index (χ0n) is 6.04. The molecule has 0 aromatic carbocycles. The Balaban J connectivity index is 2.73. The average molecular weight is 179 g/mol. The van der Waals surface area contributed by atoms with E-state index >= 15 is 0 Å². The third kappa shape index (κ3) is 1.03. The van der Waals surface area contributed by atoms with Crippen molar-refractivity contribution < 1.29 is 28.2 Å². The number of rotatable bonds is 2. The predicted molar refractivity (Wildman–Crippen MR) is 28.9 cm³/mol. The number of carboxylic acid groups (broad SMARTS) is 1. The molecule has 0 spiro atoms. The molecule has 0 amide bonds. The molecule has 1 aliphatic carbocycles. The van der Waals surface area contributed by atoms with Gasteiger partial charge in [-0.05, 0) is 0 Å². The highest BCUT2D eigenvalue weighted by Gasteiger charge is 2.73. The molecular weight excluding hydrogens is 174 g/mol. The molecule has 0 saturated heterocycles. The highest BCUT2D eigenvalue weighted by atomic mass is 19.3. The van der Waals surface area contributed by atoms with Crippen LogP contribution in [0.3, 0.4) is 0 Å². The molecule has 2 atom stereocenters. The van der Waals surface area contributed by atoms with Crippen LogP contribution < -0.4 is 5.11 Å². The number of esters is 1. The normalized spacial score (nSPS) is 30.9. The van der Waals surface area contributed by atoms with Crippen molar-refractivity contribution >= 4 is 11.9 Å². The Morgan fingerprint density at radius 2 is 1.92 bits per heavy atom. The van der Waals surface area contributed by atoms with Crippen molar-refractivity contribution in [2.75, 3.05) is 7.11 Å². The molecule has 6 heteroatoms. The molecule has 1 rings (SSSR count). The number of ether oxygens (including phenoxy) is 1. The van der Waals surface area contributed by atoms with Gasteiger partial charge in [-0.1, -0.05) is 0 Å². The minimum Gasteiger partial charge on any atom is -0.550 e. The van der Waals surface area contributed by atoms with Crippen molar-refractivity contribution in [1.29, 1.82) is 0 Å². The van der Waals surface area contributed by atoms with Gasteiger partial charge in [-0.3, -0.25) is 4.79 Å². The molecule has 0 aromatic rings. The maximum absolute atomic E-state index is 12.4. The number of hydrogen-bond acceptors (Lipinski definition) is 4. The van der Waals surface area contributed by atoms with E-state index < -0.39 is 29.7 Å². The van der Waals surface area contributed by atoms with Crippen molar-refractivity contribution in [3.63, 3.8) is 0 Å². The predicted octanol–water partition coefficient (Wildman–Crippen LogP) is -1.21. The highest BCUT2D eigenvalue weighted by molar-refractivity contribution is 5.88. The first kappa shape index (κ1) is 8.89. The van der Waals surface area contributed by atoms with Crippen molar-refractivity contribution in [2.24, 2.45) is 11.8 Å². The van der Waals surface area contributed by atoms with E-state index in [1.807, 2.05) is 0 Å². The second-order valence-electron chi connectivity index (χ2n) is 2.47. The molecule has 0 aromatic heterocycles. The minimum atomic E-state index is -3.51. The number of halogens is 2. The molecule has 0 radical (unpaired) electrons. The van der Waals surface area contributed by atoms with Gasteiger partial charge in [0.15, 0.2) is 0 Å². The summed E-state index contributed by atoms with van der Waals surface area (Å²) in [6, 6.07) is 0. The summed E-state index contributed by atoms with van der Waals surface area (Å²) < 4.78 is 28.8. The van der Waals surface area contributed by atoms with Gasteiger partial charge in [-0.2, -0.15) is 0 Å². The van der Waals surface area contributed by atoms with E-state index in [9.17, 15) is 23.5 Å². The summed E-state index contributed by atoms with van der Waals surface area (Å²) in [4.78, 5) is 20.5. The lowest BCUT2D eigenvalue weighted by Gasteiger charge is -1.95. The largest absolute Gasteiger partial charge is 0.550 e. The van der Waals surface area contributed by atoms with E-state index in [-0.39, 0.29) is 0 Å². The van der Waals surface area contributed by atoms with E-state index in [0.29, 0.717) is 0 Å². The number of alkyl halides is 2. The minimum absolute atomic E-state index is 0.920. The Morgan fingerprint density at radius 3 is 2.17 bits per heavy atom. The second kappa shape index (κ2) is 2.40. The Labute approximate surface area is 66.1 Å². The summed E-state index contributed by atoms with van der Waals surface area (Å²) in [5, 5.41) is 10.0. The summed E-state index contributed by atoms with van der Waals surface area (Å²) in [6.07, 6.45) is 0. The monoisotopic (exact) mass is 179 g/mol. The van der Waals surface area contributed by atoms with Crippen LogP contribution in [0.2, 0.25) is 0 Å². The molecule has 68 valence electrons. The lowest BCUT2D eigenvalue weighted by molar-refractivity contribution is -0.309. The van der Waals surface area contributed by atoms with E-state index in [1.54, 1.807) is 0 Å². The molecule has 0 bridgehead atoms. The number of aliphatic carboxylic acids is 1. The standard InChI is InChI=1S/C6H6F2O4/c1-12-5(11)3-2(4(9)10)6(3,7)8/h2-3H,1H3,(H,9,10)/p-1. The van der Waals surface area contributed by atoms with Gasteiger partial charge in [0.2, 0.25) is 0 Å². The van der Waals surface area contributed by atoms with Crippen LogP contribution in [-0.4, -0.2) is 25.0 Å². The van der Waals surface area contributed by atoms with Crippen LogP contribution in [-0.2, 0) is 14.3 Å². The van der Waals surface area contributed by atoms with Gasteiger partial charge in [-0.15, -0.1) is 0 Å². The van der Waals surface area contributed by atoms with E-state index in [4.69, 9.17) is 0 Å². The molecule has 1 saturated carbocycles. The smallest absolute Gasteiger partial charge is 0.315 e. The topological polar surface area (TPSA) is 66.4 Å². The first-order valence-electron chi connectivity index (χ1n) is 3.09. The third-order valence-corrected chi connectivity index (χ3v) is 1.76. The Morgan fingerprint density at radius 1 is 1.42 bits per heavy atom. The SMILES string of the molecule is COC(=O)C1C(C(=O)[O-])C1(F)F. The van der Waals surface area contributed by atoms with E-state index in [2.05, 4.69) is 4.74 Å². The summed E-state index contributed by atoms with van der Waals surface area (Å²) in [7, 11) is 0.920. The van der Waals surface area contributed by atoms with Crippen LogP contribution in [0.25, 0.3) is 0 Å². The zero-order valence-corrected chi connectivity index (χ0v) is 6.04. The van der Waals surface area contributed by atoms with Crippen molar-refractivity contribution in [3.05, 3.63) is 0 Å². The lowest BCUT2D eigenvalue weighted by atomic mass is 10.3. The van der Waals surface area contributed by atoms with E-state index in [0.717, 1.165) is 7.11 Å². The Bertz CT molecular complexity index is 238. The summed E-state index contributed by atoms with van der Waals surface area (Å²) in [5.41, 5.74) is 0. The third-order valence-electron chi connectivity index (χ3n) is 1.76. The van der Waals surface area contributed by atoms with Crippen molar-refractivity contribution in [1.82, 2.24) is 0 Å². The summed E-state index contributed by atoms with van der Waals surface area (Å²) in [5.74, 6) is -10.5. The molecule has 1 fully saturated rings. The zero-order chi connectivity index (χ0) is 9.52. The maximum atomic E-state index is 12.4. The average Bonchev–Trinajstić information content (AvgIpc) is 2.52. The molecule has 1 aliphatic rings. The maximum Gasteiger partial charge on any atom is 0.315 e. The number of carboxylic acids is 1. The van der Waals surface area contributed by atoms with Gasteiger partial charge in [0.05, 0.1) is 19.0 Å². The van der Waals surface area contributed by atoms with Gasteiger partial charge < -0.3 is 14.6 Å². The first-order valence-corrected chi connectivity index (χ1v) is 3.09. The van der Waals surface area contributed by atoms with Crippen LogP contribution in [0.4, 0.5) is 8.78 Å². The van der Waals surface area contributed by atoms with Crippen LogP contribution in [0.5, 0.6) is 0 Å². The molecule has 0 heterocycles. The number of carbonyl (C=O) groups is 2. The van der Waals surface area contributed by atoms with Gasteiger partial charge in [-0.25, -0.2) is 8.78 Å². The number of carbonyl (C=O) groups excluding carboxylic acids is 2. The molecular formula is C6H5F2O4-. The van der Waals surface area contributed by atoms with Crippen LogP contribution >= 0.6 is 0 Å². The molecule has 12 heavy (non-hydrogen) atoms. The molecule has 0 N–H and O–H groups in total. The van der Waals surface area contributed by atoms with Crippen LogP contribution in [0.1, 0.15) is 0 Å². The number of methoxy groups -OCH3 is 1. The summed E-state index contributed by atoms with van der Waals surface area (Å²) in [6.45, 7) is 0. The van der Waals surface area contributed by atoms with Gasteiger partial charge in [0.1, 0.15) is 5.92 Å². The first-order chi connectivity index (χ1) is 5.42. The molecule has 2 unspecified atom stereocenters. The molecule has 4 nitrogen and oxygen atoms in total. The van der Waals surface area contributed by atoms with Gasteiger partial charge in [0, 0.05) is 0 Å². The number of hydrogen-bond donors (Lipinski definition) is 0. The Kier molecular flexibility index (Phi) is 1.78. The fraction of sp³-hybridized carbons (Fsp3) is 0.667. The quantitative estimate of drug-likeness (QED) is 0.499. The van der Waals surface area contributed by atoms with Gasteiger partial charge in [0.25, 0.3) is 5.92 Å². The fourth-order valence-corrected chi connectivity index (χ4v) is 1.04. The van der Waals surface area contributed by atoms with E-state index in [1.165, 1.54) is 0 Å². The molecule has 0 aliphatic heterocycles. The van der Waals surface area contributed by atoms with Crippen molar-refractivity contribution in [3.8, 4) is 0 Å². The van der Waals surface area contributed by atoms with Crippen LogP contribution in [0, 0.1) is 11.8 Å². The lowest BCUT2D eigenvalue weighted by Crippen LogP contribution is -2.27. The van der Waals surface area contributed by atoms with Crippen LogP contribution in [0.15, 0.2) is 0 Å². The summed E-state index contributed by atoms with van der Waals surface area (Å²) >= 11 is 0. The Hall–Kier alpha value is -1.20. The fourth-order valence-electron chi connectivity index (χ4n) is 1.04. The van der Waals surface area contributed by atoms with Crippen molar-refractivity contribution in [2.45, 2.75) is 5.92 Å². The van der Waals surface area contributed by atoms with Gasteiger partial charge >= 0.3 is 5.97 Å². The second-order valence-corrected chi connectivity index (χ2v) is 2.47.